The van der Waals surface area contributed by atoms with Crippen LogP contribution in [0.2, 0.25) is 0 Å². The van der Waals surface area contributed by atoms with E-state index in [9.17, 15) is 50.0 Å². The minimum atomic E-state index is -1.11. The van der Waals surface area contributed by atoms with Gasteiger partial charge in [0.2, 0.25) is 13.6 Å². The molecule has 14 atom stereocenters. The Morgan fingerprint density at radius 1 is 0.550 bits per heavy atom. The predicted octanol–water partition coefficient (Wildman–Crippen LogP) is 10.1. The molecule has 109 heavy (non-hydrogen) atoms. The van der Waals surface area contributed by atoms with Gasteiger partial charge in [-0.25, -0.2) is 0 Å². The lowest BCUT2D eigenvalue weighted by Gasteiger charge is -2.62. The molecule has 2 spiro atoms. The average molecular weight is 1530 g/mol. The highest BCUT2D eigenvalue weighted by Gasteiger charge is 2.65. The van der Waals surface area contributed by atoms with Gasteiger partial charge in [0.1, 0.15) is 47.8 Å². The third kappa shape index (κ3) is 10.5. The number of methoxy groups -OCH3 is 4. The Morgan fingerprint density at radius 3 is 1.40 bits per heavy atom. The van der Waals surface area contributed by atoms with Gasteiger partial charge >= 0.3 is 23.9 Å². The summed E-state index contributed by atoms with van der Waals surface area (Å²) >= 11 is 3.07. The van der Waals surface area contributed by atoms with E-state index >= 15 is 0 Å². The van der Waals surface area contributed by atoms with Gasteiger partial charge in [-0.3, -0.25) is 38.8 Å². The van der Waals surface area contributed by atoms with Crippen molar-refractivity contribution in [1.82, 2.24) is 19.6 Å². The summed E-state index contributed by atoms with van der Waals surface area (Å²) < 4.78 is 72.3. The first-order valence-corrected chi connectivity index (χ1v) is 39.0. The predicted molar refractivity (Wildman–Crippen MR) is 397 cm³/mol. The first-order valence-electron chi connectivity index (χ1n) is 36.9. The first kappa shape index (κ1) is 72.6. The lowest BCUT2D eigenvalue weighted by Crippen LogP contribution is -2.69. The number of piperazine rings is 2. The van der Waals surface area contributed by atoms with Gasteiger partial charge in [0.05, 0.1) is 75.2 Å². The number of aryl methyl sites for hydroxylation is 4. The Morgan fingerprint density at radius 2 is 0.972 bits per heavy atom. The molecule has 2 aliphatic carbocycles. The Kier molecular flexibility index (Phi) is 17.9. The first-order chi connectivity index (χ1) is 52.4. The van der Waals surface area contributed by atoms with E-state index in [-0.39, 0.29) is 86.3 Å². The molecule has 2 unspecified atom stereocenters. The van der Waals surface area contributed by atoms with Gasteiger partial charge < -0.3 is 82.4 Å². The van der Waals surface area contributed by atoms with Gasteiger partial charge in [-0.15, -0.1) is 0 Å². The van der Waals surface area contributed by atoms with Crippen molar-refractivity contribution in [2.24, 2.45) is 0 Å². The molecule has 8 bridgehead atoms. The second-order valence-corrected chi connectivity index (χ2v) is 33.0. The van der Waals surface area contributed by atoms with Crippen molar-refractivity contribution in [3.8, 4) is 86.6 Å². The minimum absolute atomic E-state index is 0. The number of esters is 4. The van der Waals surface area contributed by atoms with Crippen molar-refractivity contribution < 1.29 is 103 Å². The normalized spacial score (nSPS) is 29.2. The highest BCUT2D eigenvalue weighted by Crippen LogP contribution is 2.68. The summed E-state index contributed by atoms with van der Waals surface area (Å²) in [6, 6.07) is 8.84. The van der Waals surface area contributed by atoms with Crippen LogP contribution in [0.25, 0.3) is 0 Å². The summed E-state index contributed by atoms with van der Waals surface area (Å²) in [4.78, 5) is 63.9. The lowest BCUT2D eigenvalue weighted by molar-refractivity contribution is -0.186. The van der Waals surface area contributed by atoms with Gasteiger partial charge in [0, 0.05) is 89.4 Å². The zero-order valence-corrected chi connectivity index (χ0v) is 64.2. The highest BCUT2D eigenvalue weighted by molar-refractivity contribution is 7.99. The van der Waals surface area contributed by atoms with Gasteiger partial charge in [0.15, 0.2) is 69.0 Å². The van der Waals surface area contributed by atoms with Crippen LogP contribution in [0, 0.1) is 39.0 Å². The number of phenolic OH excluding ortho intramolecular Hbond substituents is 4. The molecule has 26 nitrogen and oxygen atoms in total. The van der Waals surface area contributed by atoms with Crippen LogP contribution in [0.1, 0.15) is 165 Å². The van der Waals surface area contributed by atoms with E-state index in [2.05, 4.69) is 26.8 Å². The Balaban J connectivity index is 0.000000166. The second-order valence-electron chi connectivity index (χ2n) is 30.7. The number of carbonyl (C=O) groups is 4. The van der Waals surface area contributed by atoms with E-state index in [1.807, 2.05) is 52.8 Å². The SMILES string of the molecule is COc1cc2c(cc1O)CCC[C@]21CS[C@@H]2c3c(OC(C)=O)c(C)c4c(c3[C@H](COC1=O)N1C2[C@H]2c3c(cc(C)c(OC)c3O)C[C@@H]([C@@H]1C#N)N2C)OCO4.COc1cc2c(cc1O)CCC[C@]21CS[C@@H]2c3c(OC(C)=O)c(C)c4c(c3[C@H](COC1=O)N1C2[C@H]2c3c(cc(C)c(OC)c3O)C[C@@H]([C@@H]1O)N2C)OCO4.[HH]. The molecule has 0 saturated carbocycles. The van der Waals surface area contributed by atoms with Crippen molar-refractivity contribution in [3.05, 3.63) is 125 Å². The molecule has 576 valence electrons. The topological polar surface area (TPSA) is 317 Å². The van der Waals surface area contributed by atoms with Crippen LogP contribution >= 0.6 is 23.5 Å². The number of nitrogens with zero attached hydrogens (tertiary/aromatic N) is 5. The molecule has 28 heteroatoms. The standard InChI is InChI=1S/C41H43N3O10S.C40H44N2O11S.H2/c1-18-10-22-11-24-25(14-42)44-26-15-51-40(48)41(9-7-8-21-12-27(46)28(49-5)13-23(21)41)16-55-39(33(44)32(43(24)4)29(22)34(47)35(18)50-6)31-30(26)38-37(52-17-53-38)19(2)36(31)54-20(3)45;1-17-10-21-11-23-38(46)42-24-14-50-39(47)40(9-7-8-20-12-25(44)26(48-5)13-22(20)40)15-54-37(31(42)30(41(23)4)27(21)32(45)33(17)49-6)29-28(24)36-35(51-16-52-36)18(2)34(29)53-19(3)43;/h10,12-13,24-26,32-33,39,46-47H,7-9,11,15-17H2,1-6H3;10,12-13,23-24,30-31,37-38,44-46H,7-9,11,14-16H2,1-6H3;1H/t24-,25-,26-,32+,33?,39+,41-;23-,24-,30+,31?,37+,38-,40-;/m00./s1. The van der Waals surface area contributed by atoms with Gasteiger partial charge in [-0.05, 0) is 162 Å². The van der Waals surface area contributed by atoms with Crippen LogP contribution in [-0.2, 0) is 65.2 Å². The van der Waals surface area contributed by atoms with Gasteiger partial charge in [-0.2, -0.15) is 28.8 Å². The lowest BCUT2D eigenvalue weighted by atomic mass is 9.70. The molecule has 0 aromatic heterocycles. The number of aliphatic hydroxyl groups is 1. The number of carbonyl (C=O) groups excluding carboxylic acids is 4. The molecule has 12 heterocycles. The fourth-order valence-corrected chi connectivity index (χ4v) is 24.4. The number of hydrogen-bond acceptors (Lipinski definition) is 28. The number of aromatic hydroxyl groups is 4. The van der Waals surface area contributed by atoms with Gasteiger partial charge in [0.25, 0.3) is 0 Å². The molecule has 0 amide bonds. The third-order valence-corrected chi connectivity index (χ3v) is 28.5. The summed E-state index contributed by atoms with van der Waals surface area (Å²) in [6.45, 7) is 9.81. The van der Waals surface area contributed by atoms with E-state index < -0.39 is 93.7 Å². The van der Waals surface area contributed by atoms with Crippen LogP contribution < -0.4 is 47.4 Å². The summed E-state index contributed by atoms with van der Waals surface area (Å²) in [6.07, 6.45) is 3.67. The number of hydrogen-bond donors (Lipinski definition) is 5. The largest absolute Gasteiger partial charge is 0.504 e. The maximum Gasteiger partial charge on any atom is 0.317 e. The van der Waals surface area contributed by atoms with Crippen molar-refractivity contribution in [2.45, 2.75) is 175 Å². The number of thioether (sulfide) groups is 2. The number of fused-ring (bicyclic) bond motifs is 18. The molecule has 5 N–H and O–H groups in total. The third-order valence-electron chi connectivity index (χ3n) is 25.4. The average Bonchev–Trinajstić information content (AvgIpc) is 0.984. The van der Waals surface area contributed by atoms with Gasteiger partial charge in [-0.1, -0.05) is 12.1 Å². The smallest absolute Gasteiger partial charge is 0.317 e. The van der Waals surface area contributed by atoms with Crippen molar-refractivity contribution in [3.63, 3.8) is 0 Å². The number of nitriles is 1. The van der Waals surface area contributed by atoms with Crippen LogP contribution in [0.3, 0.4) is 0 Å². The number of rotatable bonds is 6. The molecule has 6 aromatic carbocycles. The molecule has 12 aliphatic heterocycles. The number of phenols is 4. The number of benzene rings is 6. The molecular weight excluding hydrogens is 1440 g/mol. The van der Waals surface area contributed by atoms with E-state index in [0.717, 1.165) is 55.6 Å². The maximum atomic E-state index is 14.8. The zero-order valence-electron chi connectivity index (χ0n) is 62.6. The van der Waals surface area contributed by atoms with Crippen molar-refractivity contribution in [1.29, 1.82) is 5.26 Å². The number of aliphatic hydroxyl groups excluding tert-OH is 1. The summed E-state index contributed by atoms with van der Waals surface area (Å²) in [5.74, 6) is 2.67. The Hall–Kier alpha value is -9.21. The fourth-order valence-electron chi connectivity index (χ4n) is 20.9. The molecule has 4 fully saturated rings. The second kappa shape index (κ2) is 26.8. The monoisotopic (exact) mass is 1530 g/mol. The van der Waals surface area contributed by atoms with Crippen LogP contribution in [0.4, 0.5) is 0 Å². The van der Waals surface area contributed by atoms with E-state index in [1.54, 1.807) is 50.2 Å². The van der Waals surface area contributed by atoms with Crippen LogP contribution in [-0.4, -0.2) is 186 Å². The Bertz CT molecular complexity index is 4960. The molecule has 0 radical (unpaired) electrons. The van der Waals surface area contributed by atoms with E-state index in [0.29, 0.717) is 131 Å². The van der Waals surface area contributed by atoms with E-state index in [1.165, 1.54) is 39.8 Å². The number of ether oxygens (including phenoxy) is 12. The molecule has 20 rings (SSSR count). The van der Waals surface area contributed by atoms with Crippen LogP contribution in [0.15, 0.2) is 36.4 Å². The molecule has 4 saturated heterocycles. The highest BCUT2D eigenvalue weighted by atomic mass is 32.2. The summed E-state index contributed by atoms with van der Waals surface area (Å²) in [5, 5.41) is 68.2. The minimum Gasteiger partial charge on any atom is -0.504 e. The van der Waals surface area contributed by atoms with Crippen molar-refractivity contribution in [2.75, 3.05) is 80.8 Å². The zero-order chi connectivity index (χ0) is 76.6. The maximum absolute atomic E-state index is 14.8. The molecule has 6 aromatic rings. The van der Waals surface area contributed by atoms with Crippen LogP contribution in [0.5, 0.6) is 80.5 Å². The summed E-state index contributed by atoms with van der Waals surface area (Å²) in [5.41, 5.74) is 9.82. The summed E-state index contributed by atoms with van der Waals surface area (Å²) in [7, 11) is 10.0. The van der Waals surface area contributed by atoms with E-state index in [4.69, 9.17) is 56.8 Å². The fraction of sp³-hybridized carbons (Fsp3) is 0.494. The van der Waals surface area contributed by atoms with Crippen molar-refractivity contribution >= 4 is 47.4 Å². The Labute approximate surface area is 639 Å². The number of likely N-dealkylation sites (N-methyl/N-ethyl adjacent to an activating group) is 2. The molecule has 14 aliphatic rings. The molecular formula is C81H89N5O21S2. The quantitative estimate of drug-likeness (QED) is 0.0764.